The standard InChI is InChI=1S/C14H20N2/c1-2-3-7-14(16-15)13-9-8-11-5-4-6-12(11)10-13/h2,8-10,14,16H,1,3-7,15H2. The van der Waals surface area contributed by atoms with Crippen LogP contribution in [0.2, 0.25) is 0 Å². The van der Waals surface area contributed by atoms with Gasteiger partial charge in [0.2, 0.25) is 0 Å². The normalized spacial score (nSPS) is 15.8. The van der Waals surface area contributed by atoms with Gasteiger partial charge in [-0.1, -0.05) is 24.3 Å². The molecule has 0 aromatic heterocycles. The molecule has 1 aliphatic rings. The average Bonchev–Trinajstić information content (AvgIpc) is 2.77. The number of hydrazine groups is 1. The number of hydrogen-bond acceptors (Lipinski definition) is 2. The van der Waals surface area contributed by atoms with Crippen LogP contribution in [-0.4, -0.2) is 0 Å². The molecule has 86 valence electrons. The molecule has 2 heteroatoms. The Morgan fingerprint density at radius 3 is 2.94 bits per heavy atom. The number of nitrogens with two attached hydrogens (primary N) is 1. The summed E-state index contributed by atoms with van der Waals surface area (Å²) in [5, 5.41) is 0. The summed E-state index contributed by atoms with van der Waals surface area (Å²) in [5.41, 5.74) is 7.23. The summed E-state index contributed by atoms with van der Waals surface area (Å²) >= 11 is 0. The molecule has 0 aliphatic heterocycles. The van der Waals surface area contributed by atoms with E-state index >= 15 is 0 Å². The highest BCUT2D eigenvalue weighted by atomic mass is 15.2. The van der Waals surface area contributed by atoms with Gasteiger partial charge in [-0.15, -0.1) is 6.58 Å². The first kappa shape index (κ1) is 11.4. The van der Waals surface area contributed by atoms with E-state index in [0.717, 1.165) is 12.8 Å². The third kappa shape index (κ3) is 2.34. The summed E-state index contributed by atoms with van der Waals surface area (Å²) in [7, 11) is 0. The summed E-state index contributed by atoms with van der Waals surface area (Å²) in [6.45, 7) is 3.75. The Kier molecular flexibility index (Phi) is 3.75. The zero-order valence-corrected chi connectivity index (χ0v) is 9.71. The summed E-state index contributed by atoms with van der Waals surface area (Å²) in [6, 6.07) is 7.03. The average molecular weight is 216 g/mol. The number of aryl methyl sites for hydroxylation is 2. The van der Waals surface area contributed by atoms with Gasteiger partial charge in [0, 0.05) is 6.04 Å². The number of nitrogens with one attached hydrogen (secondary N) is 1. The van der Waals surface area contributed by atoms with Gasteiger partial charge < -0.3 is 0 Å². The second-order valence-electron chi connectivity index (χ2n) is 4.47. The molecule has 0 amide bonds. The topological polar surface area (TPSA) is 38.0 Å². The minimum absolute atomic E-state index is 0.254. The van der Waals surface area contributed by atoms with Crippen molar-refractivity contribution in [3.8, 4) is 0 Å². The lowest BCUT2D eigenvalue weighted by molar-refractivity contribution is 0.520. The maximum absolute atomic E-state index is 5.61. The monoisotopic (exact) mass is 216 g/mol. The van der Waals surface area contributed by atoms with Crippen molar-refractivity contribution in [3.05, 3.63) is 47.5 Å². The molecule has 1 atom stereocenters. The van der Waals surface area contributed by atoms with Crippen LogP contribution in [-0.2, 0) is 12.8 Å². The zero-order valence-electron chi connectivity index (χ0n) is 9.71. The van der Waals surface area contributed by atoms with Crippen molar-refractivity contribution in [2.75, 3.05) is 0 Å². The van der Waals surface area contributed by atoms with Gasteiger partial charge in [-0.3, -0.25) is 11.3 Å². The van der Waals surface area contributed by atoms with E-state index in [9.17, 15) is 0 Å². The summed E-state index contributed by atoms with van der Waals surface area (Å²) < 4.78 is 0. The van der Waals surface area contributed by atoms with Gasteiger partial charge in [-0.25, -0.2) is 0 Å². The van der Waals surface area contributed by atoms with Crippen LogP contribution in [0.5, 0.6) is 0 Å². The molecule has 0 radical (unpaired) electrons. The molecule has 1 unspecified atom stereocenters. The van der Waals surface area contributed by atoms with Gasteiger partial charge in [0.25, 0.3) is 0 Å². The molecule has 0 saturated carbocycles. The van der Waals surface area contributed by atoms with E-state index in [-0.39, 0.29) is 6.04 Å². The van der Waals surface area contributed by atoms with Crippen molar-refractivity contribution in [2.45, 2.75) is 38.1 Å². The molecule has 0 spiro atoms. The summed E-state index contributed by atoms with van der Waals surface area (Å²) in [4.78, 5) is 0. The SMILES string of the molecule is C=CCCC(NN)c1ccc2c(c1)CCC2. The van der Waals surface area contributed by atoms with E-state index in [1.54, 1.807) is 0 Å². The molecule has 2 rings (SSSR count). The number of rotatable bonds is 5. The van der Waals surface area contributed by atoms with Crippen LogP contribution in [0.15, 0.2) is 30.9 Å². The number of hydrogen-bond donors (Lipinski definition) is 2. The Bertz CT molecular complexity index is 371. The van der Waals surface area contributed by atoms with Gasteiger partial charge in [-0.2, -0.15) is 0 Å². The van der Waals surface area contributed by atoms with Gasteiger partial charge in [0.15, 0.2) is 0 Å². The molecule has 0 heterocycles. The molecular formula is C14H20N2. The van der Waals surface area contributed by atoms with Crippen molar-refractivity contribution in [1.29, 1.82) is 0 Å². The van der Waals surface area contributed by atoms with Gasteiger partial charge in [0.1, 0.15) is 0 Å². The first-order valence-corrected chi connectivity index (χ1v) is 6.04. The predicted molar refractivity (Wildman–Crippen MR) is 68.0 cm³/mol. The maximum atomic E-state index is 5.61. The van der Waals surface area contributed by atoms with Crippen LogP contribution >= 0.6 is 0 Å². The first-order chi connectivity index (χ1) is 7.85. The lowest BCUT2D eigenvalue weighted by atomic mass is 9.98. The molecule has 0 saturated heterocycles. The van der Waals surface area contributed by atoms with E-state index in [1.165, 1.54) is 36.0 Å². The second-order valence-corrected chi connectivity index (χ2v) is 4.47. The highest BCUT2D eigenvalue weighted by Crippen LogP contribution is 2.26. The molecule has 2 nitrogen and oxygen atoms in total. The molecule has 1 aromatic rings. The number of allylic oxidation sites excluding steroid dienone is 1. The Balaban J connectivity index is 2.15. The lowest BCUT2D eigenvalue weighted by Crippen LogP contribution is -2.28. The van der Waals surface area contributed by atoms with E-state index < -0.39 is 0 Å². The highest BCUT2D eigenvalue weighted by Gasteiger charge is 2.14. The quantitative estimate of drug-likeness (QED) is 0.451. The molecule has 3 N–H and O–H groups in total. The predicted octanol–water partition coefficient (Wildman–Crippen LogP) is 2.65. The minimum atomic E-state index is 0.254. The highest BCUT2D eigenvalue weighted by molar-refractivity contribution is 5.36. The first-order valence-electron chi connectivity index (χ1n) is 6.04. The van der Waals surface area contributed by atoms with Crippen LogP contribution in [0.25, 0.3) is 0 Å². The van der Waals surface area contributed by atoms with Crippen LogP contribution in [0.3, 0.4) is 0 Å². The molecule has 0 fully saturated rings. The molecular weight excluding hydrogens is 196 g/mol. The third-order valence-corrected chi connectivity index (χ3v) is 3.39. The van der Waals surface area contributed by atoms with Crippen LogP contribution < -0.4 is 11.3 Å². The Morgan fingerprint density at radius 2 is 2.19 bits per heavy atom. The van der Waals surface area contributed by atoms with Crippen molar-refractivity contribution < 1.29 is 0 Å². The van der Waals surface area contributed by atoms with Crippen LogP contribution in [0, 0.1) is 0 Å². The van der Waals surface area contributed by atoms with E-state index in [0.29, 0.717) is 0 Å². The molecule has 16 heavy (non-hydrogen) atoms. The summed E-state index contributed by atoms with van der Waals surface area (Å²) in [6.07, 6.45) is 7.71. The van der Waals surface area contributed by atoms with E-state index in [1.807, 2.05) is 6.08 Å². The molecule has 1 aliphatic carbocycles. The van der Waals surface area contributed by atoms with Gasteiger partial charge in [0.05, 0.1) is 0 Å². The van der Waals surface area contributed by atoms with E-state index in [2.05, 4.69) is 30.2 Å². The fourth-order valence-corrected chi connectivity index (χ4v) is 2.44. The van der Waals surface area contributed by atoms with Crippen molar-refractivity contribution in [2.24, 2.45) is 5.84 Å². The lowest BCUT2D eigenvalue weighted by Gasteiger charge is -2.16. The fraction of sp³-hybridized carbons (Fsp3) is 0.429. The van der Waals surface area contributed by atoms with Gasteiger partial charge in [-0.05, 0) is 48.8 Å². The van der Waals surface area contributed by atoms with Crippen LogP contribution in [0.4, 0.5) is 0 Å². The zero-order chi connectivity index (χ0) is 11.4. The third-order valence-electron chi connectivity index (χ3n) is 3.39. The van der Waals surface area contributed by atoms with E-state index in [4.69, 9.17) is 5.84 Å². The van der Waals surface area contributed by atoms with Crippen molar-refractivity contribution >= 4 is 0 Å². The molecule has 1 aromatic carbocycles. The Labute approximate surface area is 97.5 Å². The maximum Gasteiger partial charge on any atom is 0.0463 e. The van der Waals surface area contributed by atoms with Crippen LogP contribution in [0.1, 0.15) is 42.0 Å². The van der Waals surface area contributed by atoms with Crippen molar-refractivity contribution in [1.82, 2.24) is 5.43 Å². The largest absolute Gasteiger partial charge is 0.271 e. The fourth-order valence-electron chi connectivity index (χ4n) is 2.44. The van der Waals surface area contributed by atoms with Crippen molar-refractivity contribution in [3.63, 3.8) is 0 Å². The molecule has 0 bridgehead atoms. The minimum Gasteiger partial charge on any atom is -0.271 e. The number of fused-ring (bicyclic) bond motifs is 1. The second kappa shape index (κ2) is 5.28. The smallest absolute Gasteiger partial charge is 0.0463 e. The Hall–Kier alpha value is -1.12. The Morgan fingerprint density at radius 1 is 1.38 bits per heavy atom. The van der Waals surface area contributed by atoms with Gasteiger partial charge >= 0.3 is 0 Å². The summed E-state index contributed by atoms with van der Waals surface area (Å²) in [5.74, 6) is 5.61. The number of benzene rings is 1.